The normalized spacial score (nSPS) is 22.9. The third-order valence-electron chi connectivity index (χ3n) is 5.91. The molecule has 0 radical (unpaired) electrons. The number of thioether (sulfide) groups is 1. The summed E-state index contributed by atoms with van der Waals surface area (Å²) >= 11 is 1.48. The zero-order chi connectivity index (χ0) is 26.7. The summed E-state index contributed by atoms with van der Waals surface area (Å²) in [4.78, 5) is 24.8. The topological polar surface area (TPSA) is 80.3 Å². The molecule has 0 spiro atoms. The van der Waals surface area contributed by atoms with E-state index in [1.54, 1.807) is 0 Å². The van der Waals surface area contributed by atoms with Crippen LogP contribution < -0.4 is 0 Å². The van der Waals surface area contributed by atoms with Gasteiger partial charge in [-0.25, -0.2) is 0 Å². The Morgan fingerprint density at radius 2 is 1.24 bits per heavy atom. The zero-order valence-corrected chi connectivity index (χ0v) is 22.3. The van der Waals surface area contributed by atoms with Gasteiger partial charge in [0.15, 0.2) is 6.10 Å². The molecule has 1 saturated heterocycles. The second-order valence-corrected chi connectivity index (χ2v) is 10.0. The third-order valence-corrected chi connectivity index (χ3v) is 7.07. The highest BCUT2D eigenvalue weighted by Gasteiger charge is 2.50. The van der Waals surface area contributed by atoms with Crippen molar-refractivity contribution in [3.8, 4) is 0 Å². The highest BCUT2D eigenvalue weighted by Crippen LogP contribution is 2.38. The van der Waals surface area contributed by atoms with Gasteiger partial charge in [0.05, 0.1) is 13.2 Å². The van der Waals surface area contributed by atoms with E-state index in [0.29, 0.717) is 6.61 Å². The maximum Gasteiger partial charge on any atom is 0.303 e. The van der Waals surface area contributed by atoms with Gasteiger partial charge in [-0.3, -0.25) is 9.59 Å². The molecule has 3 aromatic carbocycles. The van der Waals surface area contributed by atoms with Gasteiger partial charge in [0.25, 0.3) is 0 Å². The summed E-state index contributed by atoms with van der Waals surface area (Å²) in [6, 6.07) is 29.4. The SMILES string of the molecule is CC(=O)OC[C@H]1O[C@@H](Sc2ccccc2)[C@H](OCc2ccccc2)[C@@H](OCc2ccccc2)[C@H]1OC(C)=O. The first-order valence-electron chi connectivity index (χ1n) is 12.5. The van der Waals surface area contributed by atoms with Gasteiger partial charge in [-0.05, 0) is 23.3 Å². The van der Waals surface area contributed by atoms with Crippen LogP contribution in [0, 0.1) is 0 Å². The predicted octanol–water partition coefficient (Wildman–Crippen LogP) is 5.17. The second kappa shape index (κ2) is 14.1. The lowest BCUT2D eigenvalue weighted by molar-refractivity contribution is -0.246. The number of carbonyl (C=O) groups excluding carboxylic acids is 2. The van der Waals surface area contributed by atoms with Gasteiger partial charge < -0.3 is 23.7 Å². The highest BCUT2D eigenvalue weighted by molar-refractivity contribution is 7.99. The van der Waals surface area contributed by atoms with E-state index in [9.17, 15) is 9.59 Å². The lowest BCUT2D eigenvalue weighted by atomic mass is 9.99. The van der Waals surface area contributed by atoms with Crippen molar-refractivity contribution in [3.05, 3.63) is 102 Å². The van der Waals surface area contributed by atoms with Crippen LogP contribution >= 0.6 is 11.8 Å². The summed E-state index contributed by atoms with van der Waals surface area (Å²) in [5.41, 5.74) is 1.42. The van der Waals surface area contributed by atoms with E-state index in [-0.39, 0.29) is 13.2 Å². The van der Waals surface area contributed by atoms with Crippen molar-refractivity contribution >= 4 is 23.7 Å². The van der Waals surface area contributed by atoms with Gasteiger partial charge in [-0.1, -0.05) is 90.6 Å². The summed E-state index contributed by atoms with van der Waals surface area (Å²) in [6.07, 6.45) is -2.91. The Labute approximate surface area is 227 Å². The molecule has 0 aromatic heterocycles. The van der Waals surface area contributed by atoms with Gasteiger partial charge in [-0.2, -0.15) is 0 Å². The Morgan fingerprint density at radius 1 is 0.711 bits per heavy atom. The Hall–Kier alpha value is -3.17. The van der Waals surface area contributed by atoms with E-state index >= 15 is 0 Å². The number of hydrogen-bond donors (Lipinski definition) is 0. The molecule has 1 aliphatic heterocycles. The molecule has 0 amide bonds. The Kier molecular flexibility index (Phi) is 10.3. The van der Waals surface area contributed by atoms with Crippen LogP contribution in [0.1, 0.15) is 25.0 Å². The first kappa shape index (κ1) is 27.9. The fraction of sp³-hybridized carbons (Fsp3) is 0.333. The van der Waals surface area contributed by atoms with E-state index in [1.807, 2.05) is 91.0 Å². The maximum absolute atomic E-state index is 12.2. The summed E-state index contributed by atoms with van der Waals surface area (Å²) < 4.78 is 30.4. The van der Waals surface area contributed by atoms with Crippen molar-refractivity contribution in [1.29, 1.82) is 0 Å². The monoisotopic (exact) mass is 536 g/mol. The molecular formula is C30H32O7S. The average molecular weight is 537 g/mol. The molecule has 1 heterocycles. The molecule has 5 atom stereocenters. The zero-order valence-electron chi connectivity index (χ0n) is 21.4. The largest absolute Gasteiger partial charge is 0.463 e. The number of benzene rings is 3. The van der Waals surface area contributed by atoms with Crippen LogP contribution in [0.2, 0.25) is 0 Å². The van der Waals surface area contributed by atoms with Gasteiger partial charge in [0.1, 0.15) is 30.4 Å². The van der Waals surface area contributed by atoms with Gasteiger partial charge in [-0.15, -0.1) is 0 Å². The minimum Gasteiger partial charge on any atom is -0.463 e. The van der Waals surface area contributed by atoms with Crippen LogP contribution in [0.5, 0.6) is 0 Å². The molecule has 3 aromatic rings. The molecule has 0 unspecified atom stereocenters. The number of carbonyl (C=O) groups is 2. The summed E-state index contributed by atoms with van der Waals surface area (Å²) in [5, 5.41) is 0. The molecule has 200 valence electrons. The van der Waals surface area contributed by atoms with Crippen molar-refractivity contribution in [2.24, 2.45) is 0 Å². The van der Waals surface area contributed by atoms with Crippen LogP contribution in [0.3, 0.4) is 0 Å². The molecule has 0 N–H and O–H groups in total. The number of ether oxygens (including phenoxy) is 5. The lowest BCUT2D eigenvalue weighted by Crippen LogP contribution is -2.60. The van der Waals surface area contributed by atoms with E-state index in [0.717, 1.165) is 16.0 Å². The van der Waals surface area contributed by atoms with Crippen LogP contribution in [0.15, 0.2) is 95.9 Å². The number of hydrogen-bond acceptors (Lipinski definition) is 8. The molecule has 38 heavy (non-hydrogen) atoms. The molecule has 0 saturated carbocycles. The first-order valence-corrected chi connectivity index (χ1v) is 13.4. The summed E-state index contributed by atoms with van der Waals surface area (Å²) in [5.74, 6) is -0.942. The number of rotatable bonds is 11. The Morgan fingerprint density at radius 3 is 1.76 bits per heavy atom. The molecule has 7 nitrogen and oxygen atoms in total. The van der Waals surface area contributed by atoms with E-state index < -0.39 is 41.8 Å². The molecule has 0 bridgehead atoms. The molecule has 1 fully saturated rings. The minimum atomic E-state index is -0.857. The van der Waals surface area contributed by atoms with E-state index in [4.69, 9.17) is 23.7 Å². The lowest BCUT2D eigenvalue weighted by Gasteiger charge is -2.45. The second-order valence-electron chi connectivity index (χ2n) is 8.87. The van der Waals surface area contributed by atoms with E-state index in [2.05, 4.69) is 0 Å². The summed E-state index contributed by atoms with van der Waals surface area (Å²) in [6.45, 7) is 3.16. The molecule has 4 rings (SSSR count). The molecule has 1 aliphatic rings. The predicted molar refractivity (Wildman–Crippen MR) is 143 cm³/mol. The Balaban J connectivity index is 1.67. The van der Waals surface area contributed by atoms with Gasteiger partial charge >= 0.3 is 11.9 Å². The number of esters is 2. The minimum absolute atomic E-state index is 0.0876. The fourth-order valence-corrected chi connectivity index (χ4v) is 5.32. The Bertz CT molecular complexity index is 1140. The van der Waals surface area contributed by atoms with Crippen LogP contribution in [0.4, 0.5) is 0 Å². The van der Waals surface area contributed by atoms with Crippen molar-refractivity contribution in [2.75, 3.05) is 6.61 Å². The van der Waals surface area contributed by atoms with E-state index in [1.165, 1.54) is 25.6 Å². The van der Waals surface area contributed by atoms with Crippen molar-refractivity contribution in [2.45, 2.75) is 61.8 Å². The van der Waals surface area contributed by atoms with Crippen molar-refractivity contribution < 1.29 is 33.3 Å². The summed E-state index contributed by atoms with van der Waals surface area (Å²) in [7, 11) is 0. The van der Waals surface area contributed by atoms with Crippen LogP contribution in [-0.2, 0) is 46.5 Å². The van der Waals surface area contributed by atoms with Gasteiger partial charge in [0.2, 0.25) is 0 Å². The molecule has 8 heteroatoms. The van der Waals surface area contributed by atoms with Gasteiger partial charge in [0, 0.05) is 18.7 Å². The maximum atomic E-state index is 12.2. The quantitative estimate of drug-likeness (QED) is 0.311. The smallest absolute Gasteiger partial charge is 0.303 e. The molecule has 0 aliphatic carbocycles. The van der Waals surface area contributed by atoms with Crippen LogP contribution in [0.25, 0.3) is 0 Å². The first-order chi connectivity index (χ1) is 18.5. The fourth-order valence-electron chi connectivity index (χ4n) is 4.17. The van der Waals surface area contributed by atoms with Crippen molar-refractivity contribution in [1.82, 2.24) is 0 Å². The standard InChI is InChI=1S/C30H32O7S/c1-21(31)33-20-26-27(36-22(2)32)28(34-18-23-12-6-3-7-13-23)29(35-19-24-14-8-4-9-15-24)30(37-26)38-25-16-10-5-11-17-25/h3-17,26-30H,18-20H2,1-2H3/t26-,27+,28+,29-,30+/m1/s1. The van der Waals surface area contributed by atoms with Crippen LogP contribution in [-0.4, -0.2) is 48.4 Å². The molecular weight excluding hydrogens is 504 g/mol. The van der Waals surface area contributed by atoms with Crippen molar-refractivity contribution in [3.63, 3.8) is 0 Å². The average Bonchev–Trinajstić information content (AvgIpc) is 2.92. The third kappa shape index (κ3) is 8.16. The highest BCUT2D eigenvalue weighted by atomic mass is 32.2.